The number of rotatable bonds is 6. The van der Waals surface area contributed by atoms with Crippen molar-refractivity contribution in [2.75, 3.05) is 33.7 Å². The lowest BCUT2D eigenvalue weighted by molar-refractivity contribution is -0.127. The molecule has 5 nitrogen and oxygen atoms in total. The molecule has 0 radical (unpaired) electrons. The Morgan fingerprint density at radius 1 is 1.32 bits per heavy atom. The van der Waals surface area contributed by atoms with Gasteiger partial charge >= 0.3 is 0 Å². The van der Waals surface area contributed by atoms with Crippen LogP contribution in [-0.4, -0.2) is 50.5 Å². The molecule has 1 aromatic rings. The molecule has 0 fully saturated rings. The largest absolute Gasteiger partial charge is 0.357 e. The average molecular weight is 422 g/mol. The van der Waals surface area contributed by atoms with Crippen LogP contribution >= 0.6 is 24.0 Å². The van der Waals surface area contributed by atoms with E-state index in [1.165, 1.54) is 17.0 Å². The highest BCUT2D eigenvalue weighted by Crippen LogP contribution is 2.03. The van der Waals surface area contributed by atoms with E-state index in [1.54, 1.807) is 20.2 Å². The van der Waals surface area contributed by atoms with Crippen molar-refractivity contribution in [2.45, 2.75) is 13.3 Å². The molecule has 0 saturated carbocycles. The van der Waals surface area contributed by atoms with Gasteiger partial charge in [0, 0.05) is 27.2 Å². The Morgan fingerprint density at radius 2 is 2.05 bits per heavy atom. The summed E-state index contributed by atoms with van der Waals surface area (Å²) in [6.45, 7) is 3.38. The van der Waals surface area contributed by atoms with E-state index in [2.05, 4.69) is 15.6 Å². The van der Waals surface area contributed by atoms with Crippen LogP contribution in [0.4, 0.5) is 4.39 Å². The van der Waals surface area contributed by atoms with E-state index in [-0.39, 0.29) is 42.2 Å². The smallest absolute Gasteiger partial charge is 0.243 e. The molecule has 0 heterocycles. The molecule has 1 amide bonds. The number of nitrogens with one attached hydrogen (secondary N) is 2. The Bertz CT molecular complexity index is 494. The maximum Gasteiger partial charge on any atom is 0.243 e. The van der Waals surface area contributed by atoms with E-state index < -0.39 is 0 Å². The summed E-state index contributed by atoms with van der Waals surface area (Å²) >= 11 is 0. The lowest BCUT2D eigenvalue weighted by atomic mass is 10.1. The number of hydrogen-bond acceptors (Lipinski definition) is 2. The van der Waals surface area contributed by atoms with Gasteiger partial charge in [-0.25, -0.2) is 9.38 Å². The second-order valence-electron chi connectivity index (χ2n) is 4.79. The van der Waals surface area contributed by atoms with Gasteiger partial charge in [-0.1, -0.05) is 12.1 Å². The summed E-state index contributed by atoms with van der Waals surface area (Å²) in [5, 5.41) is 6.20. The van der Waals surface area contributed by atoms with Crippen molar-refractivity contribution in [2.24, 2.45) is 4.99 Å². The normalized spacial score (nSPS) is 10.6. The number of hydrogen-bond donors (Lipinski definition) is 2. The number of carbonyl (C=O) groups excluding carboxylic acids is 1. The van der Waals surface area contributed by atoms with Crippen molar-refractivity contribution in [1.29, 1.82) is 0 Å². The van der Waals surface area contributed by atoms with Crippen molar-refractivity contribution in [3.8, 4) is 0 Å². The molecule has 0 aromatic heterocycles. The van der Waals surface area contributed by atoms with Gasteiger partial charge in [0.15, 0.2) is 5.96 Å². The van der Waals surface area contributed by atoms with Crippen molar-refractivity contribution < 1.29 is 9.18 Å². The number of carbonyl (C=O) groups is 1. The number of guanidine groups is 1. The first kappa shape index (κ1) is 20.6. The lowest BCUT2D eigenvalue weighted by Gasteiger charge is -2.12. The van der Waals surface area contributed by atoms with Crippen molar-refractivity contribution in [3.05, 3.63) is 35.6 Å². The molecule has 0 spiro atoms. The van der Waals surface area contributed by atoms with Gasteiger partial charge in [-0.15, -0.1) is 24.0 Å². The molecular weight excluding hydrogens is 398 g/mol. The Hall–Kier alpha value is -1.38. The lowest BCUT2D eigenvalue weighted by Crippen LogP contribution is -2.39. The van der Waals surface area contributed by atoms with Gasteiger partial charge in [0.2, 0.25) is 5.91 Å². The van der Waals surface area contributed by atoms with Crippen LogP contribution in [-0.2, 0) is 11.2 Å². The Kier molecular flexibility index (Phi) is 10.5. The standard InChI is InChI=1S/C15H23FN4O.HI/c1-4-17-15(19-11-14(21)20(2)3)18-9-8-12-6-5-7-13(16)10-12;/h5-7,10H,4,8-9,11H2,1-3H3,(H2,17,18,19);1H. The second-order valence-corrected chi connectivity index (χ2v) is 4.79. The number of amides is 1. The van der Waals surface area contributed by atoms with Gasteiger partial charge in [-0.05, 0) is 31.0 Å². The van der Waals surface area contributed by atoms with Gasteiger partial charge in [0.05, 0.1) is 0 Å². The van der Waals surface area contributed by atoms with Crippen molar-refractivity contribution >= 4 is 35.8 Å². The van der Waals surface area contributed by atoms with Crippen LogP contribution < -0.4 is 10.6 Å². The van der Waals surface area contributed by atoms with E-state index in [4.69, 9.17) is 0 Å². The van der Waals surface area contributed by atoms with Gasteiger partial charge in [-0.2, -0.15) is 0 Å². The summed E-state index contributed by atoms with van der Waals surface area (Å²) in [7, 11) is 3.39. The third-order valence-electron chi connectivity index (χ3n) is 2.81. The van der Waals surface area contributed by atoms with Gasteiger partial charge in [-0.3, -0.25) is 4.79 Å². The first-order valence-corrected chi connectivity index (χ1v) is 6.99. The molecule has 0 aliphatic heterocycles. The number of aliphatic imine (C=N–C) groups is 1. The average Bonchev–Trinajstić information content (AvgIpc) is 2.44. The minimum absolute atomic E-state index is 0. The second kappa shape index (κ2) is 11.2. The van der Waals surface area contributed by atoms with E-state index >= 15 is 0 Å². The molecule has 7 heteroatoms. The molecule has 0 saturated heterocycles. The number of nitrogens with zero attached hydrogens (tertiary/aromatic N) is 2. The van der Waals surface area contributed by atoms with Crippen LogP contribution in [0.15, 0.2) is 29.3 Å². The van der Waals surface area contributed by atoms with Crippen molar-refractivity contribution in [1.82, 2.24) is 15.5 Å². The van der Waals surface area contributed by atoms with E-state index in [9.17, 15) is 9.18 Å². The summed E-state index contributed by atoms with van der Waals surface area (Å²) in [6, 6.07) is 6.51. The highest BCUT2D eigenvalue weighted by molar-refractivity contribution is 14.0. The number of benzene rings is 1. The first-order valence-electron chi connectivity index (χ1n) is 6.99. The van der Waals surface area contributed by atoms with Crippen molar-refractivity contribution in [3.63, 3.8) is 0 Å². The van der Waals surface area contributed by atoms with Gasteiger partial charge < -0.3 is 15.5 Å². The first-order chi connectivity index (χ1) is 10.0. The molecule has 1 rings (SSSR count). The molecule has 1 aromatic carbocycles. The topological polar surface area (TPSA) is 56.7 Å². The molecule has 0 atom stereocenters. The third kappa shape index (κ3) is 8.16. The summed E-state index contributed by atoms with van der Waals surface area (Å²) in [4.78, 5) is 17.2. The summed E-state index contributed by atoms with van der Waals surface area (Å²) in [6.07, 6.45) is 0.684. The zero-order valence-electron chi connectivity index (χ0n) is 13.2. The van der Waals surface area contributed by atoms with Crippen LogP contribution in [0.1, 0.15) is 12.5 Å². The monoisotopic (exact) mass is 422 g/mol. The molecule has 22 heavy (non-hydrogen) atoms. The molecule has 0 aliphatic rings. The Labute approximate surface area is 148 Å². The van der Waals surface area contributed by atoms with Crippen LogP contribution in [0.25, 0.3) is 0 Å². The maximum absolute atomic E-state index is 13.1. The van der Waals surface area contributed by atoms with Gasteiger partial charge in [0.25, 0.3) is 0 Å². The molecular formula is C15H24FIN4O. The quantitative estimate of drug-likeness (QED) is 0.417. The fourth-order valence-electron chi connectivity index (χ4n) is 1.65. The van der Waals surface area contributed by atoms with E-state index in [0.717, 1.165) is 5.56 Å². The van der Waals surface area contributed by atoms with Crippen LogP contribution in [0.5, 0.6) is 0 Å². The molecule has 2 N–H and O–H groups in total. The maximum atomic E-state index is 13.1. The molecule has 124 valence electrons. The predicted octanol–water partition coefficient (Wildman–Crippen LogP) is 1.63. The summed E-state index contributed by atoms with van der Waals surface area (Å²) in [5.74, 6) is 0.297. The predicted molar refractivity (Wildman–Crippen MR) is 98.2 cm³/mol. The minimum Gasteiger partial charge on any atom is -0.357 e. The van der Waals surface area contributed by atoms with Crippen LogP contribution in [0, 0.1) is 5.82 Å². The van der Waals surface area contributed by atoms with E-state index in [1.807, 2.05) is 13.0 Å². The highest BCUT2D eigenvalue weighted by Gasteiger charge is 2.04. The number of likely N-dealkylation sites (N-methyl/N-ethyl adjacent to an activating group) is 1. The fourth-order valence-corrected chi connectivity index (χ4v) is 1.65. The third-order valence-corrected chi connectivity index (χ3v) is 2.81. The van der Waals surface area contributed by atoms with Crippen LogP contribution in [0.3, 0.4) is 0 Å². The molecule has 0 bridgehead atoms. The SMILES string of the molecule is CCNC(=NCC(=O)N(C)C)NCCc1cccc(F)c1.I. The van der Waals surface area contributed by atoms with Crippen LogP contribution in [0.2, 0.25) is 0 Å². The Morgan fingerprint density at radius 3 is 2.64 bits per heavy atom. The number of halogens is 2. The molecule has 0 unspecified atom stereocenters. The summed E-state index contributed by atoms with van der Waals surface area (Å²) in [5.41, 5.74) is 0.919. The Balaban J connectivity index is 0.00000441. The van der Waals surface area contributed by atoms with Gasteiger partial charge in [0.1, 0.15) is 12.4 Å². The summed E-state index contributed by atoms with van der Waals surface area (Å²) < 4.78 is 13.1. The fraction of sp³-hybridized carbons (Fsp3) is 0.467. The zero-order chi connectivity index (χ0) is 15.7. The van der Waals surface area contributed by atoms with E-state index in [0.29, 0.717) is 25.5 Å². The highest BCUT2D eigenvalue weighted by atomic mass is 127. The minimum atomic E-state index is -0.232. The molecule has 0 aliphatic carbocycles. The zero-order valence-corrected chi connectivity index (χ0v) is 15.6.